The lowest BCUT2D eigenvalue weighted by Crippen LogP contribution is -2.19. The number of aryl methyl sites for hydroxylation is 1. The van der Waals surface area contributed by atoms with Gasteiger partial charge in [-0.1, -0.05) is 23.5 Å². The van der Waals surface area contributed by atoms with Crippen molar-refractivity contribution < 1.29 is 0 Å². The molecule has 1 aliphatic carbocycles. The zero-order chi connectivity index (χ0) is 12.1. The number of anilines is 1. The summed E-state index contributed by atoms with van der Waals surface area (Å²) < 4.78 is 1.96. The molecule has 2 unspecified atom stereocenters. The first-order valence-electron chi connectivity index (χ1n) is 6.52. The Balaban J connectivity index is 1.64. The van der Waals surface area contributed by atoms with E-state index in [9.17, 15) is 0 Å². The molecule has 0 aromatic carbocycles. The summed E-state index contributed by atoms with van der Waals surface area (Å²) in [5.74, 6) is 1.65. The Hall–Kier alpha value is -1.36. The summed E-state index contributed by atoms with van der Waals surface area (Å²) in [6.07, 6.45) is 9.04. The van der Waals surface area contributed by atoms with Crippen LogP contribution < -0.4 is 4.90 Å². The SMILES string of the molecule is Cc1cnc2sc(N3CC4CC=CCC4C3)nn12. The van der Waals surface area contributed by atoms with Gasteiger partial charge < -0.3 is 4.90 Å². The number of hydrogen-bond acceptors (Lipinski definition) is 4. The summed E-state index contributed by atoms with van der Waals surface area (Å²) in [5, 5.41) is 5.83. The maximum atomic E-state index is 4.69. The molecule has 4 nitrogen and oxygen atoms in total. The van der Waals surface area contributed by atoms with E-state index < -0.39 is 0 Å². The van der Waals surface area contributed by atoms with Gasteiger partial charge in [0.05, 0.1) is 11.9 Å². The van der Waals surface area contributed by atoms with Crippen LogP contribution in [0, 0.1) is 18.8 Å². The van der Waals surface area contributed by atoms with Gasteiger partial charge in [-0.2, -0.15) is 0 Å². The molecule has 1 fully saturated rings. The molecule has 0 radical (unpaired) electrons. The highest BCUT2D eigenvalue weighted by Crippen LogP contribution is 2.36. The van der Waals surface area contributed by atoms with E-state index in [1.54, 1.807) is 11.3 Å². The summed E-state index contributed by atoms with van der Waals surface area (Å²) in [4.78, 5) is 7.84. The third-order valence-corrected chi connectivity index (χ3v) is 5.12. The zero-order valence-corrected chi connectivity index (χ0v) is 11.2. The second kappa shape index (κ2) is 3.82. The van der Waals surface area contributed by atoms with Gasteiger partial charge in [0.25, 0.3) is 0 Å². The van der Waals surface area contributed by atoms with E-state index in [4.69, 9.17) is 5.10 Å². The summed E-state index contributed by atoms with van der Waals surface area (Å²) in [7, 11) is 0. The van der Waals surface area contributed by atoms with Crippen LogP contribution in [-0.4, -0.2) is 27.7 Å². The van der Waals surface area contributed by atoms with Crippen LogP contribution in [0.25, 0.3) is 4.96 Å². The first-order chi connectivity index (χ1) is 8.81. The molecule has 94 valence electrons. The van der Waals surface area contributed by atoms with Crippen LogP contribution in [0.15, 0.2) is 18.3 Å². The van der Waals surface area contributed by atoms with E-state index in [1.807, 2.05) is 10.7 Å². The van der Waals surface area contributed by atoms with Crippen molar-refractivity contribution in [1.82, 2.24) is 14.6 Å². The average molecular weight is 260 g/mol. The molecular weight excluding hydrogens is 244 g/mol. The number of imidazole rings is 1. The third kappa shape index (κ3) is 1.50. The lowest BCUT2D eigenvalue weighted by molar-refractivity contribution is 0.411. The first-order valence-corrected chi connectivity index (χ1v) is 7.34. The first kappa shape index (κ1) is 10.6. The fourth-order valence-electron chi connectivity index (χ4n) is 3.09. The van der Waals surface area contributed by atoms with Crippen LogP contribution in [0.2, 0.25) is 0 Å². The van der Waals surface area contributed by atoms with Crippen molar-refractivity contribution in [2.24, 2.45) is 11.8 Å². The van der Waals surface area contributed by atoms with E-state index in [1.165, 1.54) is 12.8 Å². The second-order valence-electron chi connectivity index (χ2n) is 5.35. The minimum absolute atomic E-state index is 0.826. The van der Waals surface area contributed by atoms with Crippen LogP contribution in [0.3, 0.4) is 0 Å². The summed E-state index contributed by atoms with van der Waals surface area (Å²) >= 11 is 1.71. The standard InChI is InChI=1S/C13H16N4S/c1-9-6-14-12-17(9)15-13(18-12)16-7-10-4-2-3-5-11(10)8-16/h2-3,6,10-11H,4-5,7-8H2,1H3. The molecule has 2 atom stereocenters. The Kier molecular flexibility index (Phi) is 2.24. The number of rotatable bonds is 1. The maximum Gasteiger partial charge on any atom is 0.214 e. The molecule has 18 heavy (non-hydrogen) atoms. The molecule has 1 aliphatic heterocycles. The van der Waals surface area contributed by atoms with E-state index in [0.717, 1.165) is 40.7 Å². The minimum atomic E-state index is 0.826. The molecule has 2 aromatic rings. The van der Waals surface area contributed by atoms with Gasteiger partial charge in [0.1, 0.15) is 0 Å². The van der Waals surface area contributed by atoms with Gasteiger partial charge in [0, 0.05) is 13.1 Å². The summed E-state index contributed by atoms with van der Waals surface area (Å²) in [6.45, 7) is 4.37. The molecule has 0 amide bonds. The highest BCUT2D eigenvalue weighted by atomic mass is 32.1. The zero-order valence-electron chi connectivity index (χ0n) is 10.4. The Bertz CT molecular complexity index is 596. The predicted molar refractivity (Wildman–Crippen MR) is 73.2 cm³/mol. The van der Waals surface area contributed by atoms with Crippen molar-refractivity contribution >= 4 is 21.4 Å². The molecular formula is C13H16N4S. The van der Waals surface area contributed by atoms with Crippen LogP contribution in [0.4, 0.5) is 5.13 Å². The molecule has 0 saturated carbocycles. The van der Waals surface area contributed by atoms with Gasteiger partial charge in [-0.05, 0) is 31.6 Å². The van der Waals surface area contributed by atoms with Crippen LogP contribution in [0.5, 0.6) is 0 Å². The van der Waals surface area contributed by atoms with Crippen LogP contribution in [0.1, 0.15) is 18.5 Å². The molecule has 4 rings (SSSR count). The van der Waals surface area contributed by atoms with Crippen molar-refractivity contribution in [3.05, 3.63) is 24.0 Å². The number of hydrogen-bond donors (Lipinski definition) is 0. The molecule has 2 aromatic heterocycles. The van der Waals surface area contributed by atoms with Crippen molar-refractivity contribution in [1.29, 1.82) is 0 Å². The van der Waals surface area contributed by atoms with Gasteiger partial charge in [-0.25, -0.2) is 9.50 Å². The van der Waals surface area contributed by atoms with Crippen LogP contribution >= 0.6 is 11.3 Å². The molecule has 3 heterocycles. The van der Waals surface area contributed by atoms with Crippen molar-refractivity contribution in [2.75, 3.05) is 18.0 Å². The second-order valence-corrected chi connectivity index (χ2v) is 6.28. The Labute approximate surface area is 110 Å². The fourth-order valence-corrected chi connectivity index (χ4v) is 4.03. The fraction of sp³-hybridized carbons (Fsp3) is 0.538. The normalized spacial score (nSPS) is 27.1. The molecule has 0 N–H and O–H groups in total. The Morgan fingerprint density at radius 2 is 1.94 bits per heavy atom. The minimum Gasteiger partial charge on any atom is -0.346 e. The molecule has 2 aliphatic rings. The molecule has 1 saturated heterocycles. The molecule has 0 spiro atoms. The summed E-state index contributed by atoms with van der Waals surface area (Å²) in [5.41, 5.74) is 1.12. The van der Waals surface area contributed by atoms with E-state index in [0.29, 0.717) is 0 Å². The molecule has 5 heteroatoms. The van der Waals surface area contributed by atoms with Gasteiger partial charge in [-0.15, -0.1) is 5.10 Å². The maximum absolute atomic E-state index is 4.69. The van der Waals surface area contributed by atoms with E-state index in [-0.39, 0.29) is 0 Å². The lowest BCUT2D eigenvalue weighted by Gasteiger charge is -2.17. The summed E-state index contributed by atoms with van der Waals surface area (Å²) in [6, 6.07) is 0. The Morgan fingerprint density at radius 3 is 2.61 bits per heavy atom. The van der Waals surface area contributed by atoms with Gasteiger partial charge >= 0.3 is 0 Å². The number of fused-ring (bicyclic) bond motifs is 2. The van der Waals surface area contributed by atoms with Gasteiger partial charge in [-0.3, -0.25) is 0 Å². The van der Waals surface area contributed by atoms with Crippen molar-refractivity contribution in [3.8, 4) is 0 Å². The number of nitrogens with zero attached hydrogens (tertiary/aromatic N) is 4. The third-order valence-electron chi connectivity index (χ3n) is 4.14. The number of aromatic nitrogens is 3. The van der Waals surface area contributed by atoms with Crippen LogP contribution in [-0.2, 0) is 0 Å². The van der Waals surface area contributed by atoms with Crippen molar-refractivity contribution in [2.45, 2.75) is 19.8 Å². The van der Waals surface area contributed by atoms with E-state index in [2.05, 4.69) is 29.0 Å². The largest absolute Gasteiger partial charge is 0.346 e. The molecule has 0 bridgehead atoms. The monoisotopic (exact) mass is 260 g/mol. The average Bonchev–Trinajstić information content (AvgIpc) is 3.04. The van der Waals surface area contributed by atoms with Gasteiger partial charge in [0.15, 0.2) is 0 Å². The smallest absolute Gasteiger partial charge is 0.214 e. The van der Waals surface area contributed by atoms with Gasteiger partial charge in [0.2, 0.25) is 10.1 Å². The highest BCUT2D eigenvalue weighted by molar-refractivity contribution is 7.20. The predicted octanol–water partition coefficient (Wildman–Crippen LogP) is 2.50. The Morgan fingerprint density at radius 1 is 1.22 bits per heavy atom. The quantitative estimate of drug-likeness (QED) is 0.739. The topological polar surface area (TPSA) is 33.4 Å². The highest BCUT2D eigenvalue weighted by Gasteiger charge is 2.34. The van der Waals surface area contributed by atoms with Crippen molar-refractivity contribution in [3.63, 3.8) is 0 Å². The lowest BCUT2D eigenvalue weighted by atomic mass is 9.86. The van der Waals surface area contributed by atoms with E-state index >= 15 is 0 Å². The number of allylic oxidation sites excluding steroid dienone is 2.